The molecule has 1 aliphatic rings. The van der Waals surface area contributed by atoms with Crippen LogP contribution < -0.4 is 4.74 Å². The third kappa shape index (κ3) is 5.39. The number of halogens is 2. The van der Waals surface area contributed by atoms with E-state index >= 15 is 0 Å². The van der Waals surface area contributed by atoms with Gasteiger partial charge in [0.1, 0.15) is 11.6 Å². The molecule has 0 saturated carbocycles. The summed E-state index contributed by atoms with van der Waals surface area (Å²) in [6.07, 6.45) is 0.0679. The SMILES string of the molecule is O=C(Cc1ccc(Oc2ccc(F)cc2F)o1)CN1CCN(C(=O)c2ccccc2)CC1. The van der Waals surface area contributed by atoms with Crippen LogP contribution in [-0.4, -0.2) is 54.2 Å². The van der Waals surface area contributed by atoms with E-state index < -0.39 is 11.6 Å². The lowest BCUT2D eigenvalue weighted by atomic mass is 10.1. The van der Waals surface area contributed by atoms with Crippen LogP contribution in [-0.2, 0) is 11.2 Å². The van der Waals surface area contributed by atoms with E-state index in [0.717, 1.165) is 12.1 Å². The fourth-order valence-electron chi connectivity index (χ4n) is 3.55. The molecule has 1 aromatic heterocycles. The molecule has 3 aromatic rings. The molecule has 1 saturated heterocycles. The van der Waals surface area contributed by atoms with E-state index in [1.165, 1.54) is 12.1 Å². The van der Waals surface area contributed by atoms with Crippen molar-refractivity contribution in [3.05, 3.63) is 83.6 Å². The second-order valence-corrected chi connectivity index (χ2v) is 7.55. The van der Waals surface area contributed by atoms with Crippen LogP contribution in [0.2, 0.25) is 0 Å². The molecule has 166 valence electrons. The summed E-state index contributed by atoms with van der Waals surface area (Å²) < 4.78 is 37.4. The van der Waals surface area contributed by atoms with Crippen molar-refractivity contribution in [2.24, 2.45) is 0 Å². The number of hydrogen-bond acceptors (Lipinski definition) is 5. The maximum atomic E-state index is 13.7. The monoisotopic (exact) mass is 440 g/mol. The van der Waals surface area contributed by atoms with Gasteiger partial charge >= 0.3 is 0 Å². The van der Waals surface area contributed by atoms with Crippen molar-refractivity contribution < 1.29 is 27.5 Å². The molecule has 0 atom stereocenters. The predicted octanol–water partition coefficient (Wildman–Crippen LogP) is 3.92. The Morgan fingerprint density at radius 1 is 0.938 bits per heavy atom. The standard InChI is InChI=1S/C24H22F2N2O4/c25-18-6-8-22(21(26)14-18)32-23-9-7-20(31-23)15-19(29)16-27-10-12-28(13-11-27)24(30)17-4-2-1-3-5-17/h1-9,14H,10-13,15-16H2. The second-order valence-electron chi connectivity index (χ2n) is 7.55. The van der Waals surface area contributed by atoms with Crippen molar-refractivity contribution in [3.8, 4) is 11.7 Å². The number of carbonyl (C=O) groups excluding carboxylic acids is 2. The number of hydrogen-bond donors (Lipinski definition) is 0. The molecule has 0 N–H and O–H groups in total. The van der Waals surface area contributed by atoms with E-state index in [-0.39, 0.29) is 36.4 Å². The van der Waals surface area contributed by atoms with Gasteiger partial charge in [0.15, 0.2) is 17.3 Å². The van der Waals surface area contributed by atoms with Crippen molar-refractivity contribution in [1.82, 2.24) is 9.80 Å². The van der Waals surface area contributed by atoms with Crippen LogP contribution in [0.25, 0.3) is 0 Å². The van der Waals surface area contributed by atoms with Crippen molar-refractivity contribution in [2.45, 2.75) is 6.42 Å². The summed E-state index contributed by atoms with van der Waals surface area (Å²) in [6, 6.07) is 15.2. The lowest BCUT2D eigenvalue weighted by Crippen LogP contribution is -2.50. The number of ketones is 1. The molecular formula is C24H22F2N2O4. The number of nitrogens with zero attached hydrogens (tertiary/aromatic N) is 2. The quantitative estimate of drug-likeness (QED) is 0.557. The Morgan fingerprint density at radius 2 is 1.69 bits per heavy atom. The zero-order valence-corrected chi connectivity index (χ0v) is 17.3. The molecule has 0 aliphatic carbocycles. The first-order valence-corrected chi connectivity index (χ1v) is 10.3. The predicted molar refractivity (Wildman–Crippen MR) is 113 cm³/mol. The van der Waals surface area contributed by atoms with E-state index in [2.05, 4.69) is 0 Å². The van der Waals surface area contributed by atoms with E-state index in [4.69, 9.17) is 9.15 Å². The highest BCUT2D eigenvalue weighted by Crippen LogP contribution is 2.27. The van der Waals surface area contributed by atoms with E-state index in [1.807, 2.05) is 23.1 Å². The molecule has 0 spiro atoms. The minimum absolute atomic E-state index is 0.00252. The van der Waals surface area contributed by atoms with Gasteiger partial charge in [-0.15, -0.1) is 0 Å². The van der Waals surface area contributed by atoms with Gasteiger partial charge in [0.25, 0.3) is 11.9 Å². The molecule has 32 heavy (non-hydrogen) atoms. The molecular weight excluding hydrogens is 418 g/mol. The first kappa shape index (κ1) is 21.7. The van der Waals surface area contributed by atoms with Gasteiger partial charge in [-0.2, -0.15) is 0 Å². The minimum atomic E-state index is -0.844. The first-order valence-electron chi connectivity index (χ1n) is 10.3. The number of amides is 1. The van der Waals surface area contributed by atoms with Gasteiger partial charge in [0.05, 0.1) is 13.0 Å². The van der Waals surface area contributed by atoms with Crippen LogP contribution in [0.3, 0.4) is 0 Å². The van der Waals surface area contributed by atoms with Crippen molar-refractivity contribution in [1.29, 1.82) is 0 Å². The van der Waals surface area contributed by atoms with Gasteiger partial charge in [-0.3, -0.25) is 14.5 Å². The summed E-state index contributed by atoms with van der Waals surface area (Å²) in [5, 5.41) is 0. The largest absolute Gasteiger partial charge is 0.430 e. The summed E-state index contributed by atoms with van der Waals surface area (Å²) >= 11 is 0. The number of furan rings is 1. The van der Waals surface area contributed by atoms with Gasteiger partial charge in [0.2, 0.25) is 0 Å². The molecule has 1 fully saturated rings. The van der Waals surface area contributed by atoms with Crippen LogP contribution in [0, 0.1) is 11.6 Å². The van der Waals surface area contributed by atoms with Gasteiger partial charge in [-0.1, -0.05) is 18.2 Å². The Balaban J connectivity index is 1.25. The van der Waals surface area contributed by atoms with Crippen molar-refractivity contribution in [2.75, 3.05) is 32.7 Å². The van der Waals surface area contributed by atoms with Gasteiger partial charge in [0, 0.05) is 43.9 Å². The maximum absolute atomic E-state index is 13.7. The fraction of sp³-hybridized carbons (Fsp3) is 0.250. The lowest BCUT2D eigenvalue weighted by molar-refractivity contribution is -0.120. The van der Waals surface area contributed by atoms with Crippen LogP contribution in [0.1, 0.15) is 16.1 Å². The Labute approximate surface area is 184 Å². The normalized spacial score (nSPS) is 14.4. The summed E-state index contributed by atoms with van der Waals surface area (Å²) in [4.78, 5) is 28.8. The molecule has 1 aliphatic heterocycles. The number of carbonyl (C=O) groups is 2. The molecule has 0 bridgehead atoms. The Kier molecular flexibility index (Phi) is 6.61. The van der Waals surface area contributed by atoms with Crippen LogP contribution >= 0.6 is 0 Å². The highest BCUT2D eigenvalue weighted by molar-refractivity contribution is 5.94. The van der Waals surface area contributed by atoms with E-state index in [9.17, 15) is 18.4 Å². The number of Topliss-reactive ketones (excluding diaryl/α,β-unsaturated/α-hetero) is 1. The van der Waals surface area contributed by atoms with E-state index in [0.29, 0.717) is 37.5 Å². The smallest absolute Gasteiger partial charge is 0.290 e. The van der Waals surface area contributed by atoms with Gasteiger partial charge < -0.3 is 14.1 Å². The molecule has 0 unspecified atom stereocenters. The summed E-state index contributed by atoms with van der Waals surface area (Å²) in [5.41, 5.74) is 0.661. The summed E-state index contributed by atoms with van der Waals surface area (Å²) in [6.45, 7) is 2.59. The number of benzene rings is 2. The van der Waals surface area contributed by atoms with Gasteiger partial charge in [-0.05, 0) is 30.3 Å². The Morgan fingerprint density at radius 3 is 2.41 bits per heavy atom. The molecule has 4 rings (SSSR count). The highest BCUT2D eigenvalue weighted by atomic mass is 19.1. The molecule has 2 heterocycles. The topological polar surface area (TPSA) is 63.0 Å². The summed E-state index contributed by atoms with van der Waals surface area (Å²) in [7, 11) is 0. The third-order valence-corrected chi connectivity index (χ3v) is 5.19. The average Bonchev–Trinajstić information content (AvgIpc) is 3.23. The Hall–Kier alpha value is -3.52. The first-order chi connectivity index (χ1) is 15.5. The summed E-state index contributed by atoms with van der Waals surface area (Å²) in [5.74, 6) is -1.34. The number of piperazine rings is 1. The van der Waals surface area contributed by atoms with E-state index in [1.54, 1.807) is 23.1 Å². The van der Waals surface area contributed by atoms with Crippen LogP contribution in [0.4, 0.5) is 8.78 Å². The molecule has 1 amide bonds. The average molecular weight is 440 g/mol. The minimum Gasteiger partial charge on any atom is -0.430 e. The maximum Gasteiger partial charge on any atom is 0.290 e. The van der Waals surface area contributed by atoms with Crippen molar-refractivity contribution in [3.63, 3.8) is 0 Å². The Bertz CT molecular complexity index is 1090. The van der Waals surface area contributed by atoms with Crippen LogP contribution in [0.5, 0.6) is 11.7 Å². The lowest BCUT2D eigenvalue weighted by Gasteiger charge is -2.34. The highest BCUT2D eigenvalue weighted by Gasteiger charge is 2.23. The zero-order valence-electron chi connectivity index (χ0n) is 17.3. The van der Waals surface area contributed by atoms with Gasteiger partial charge in [-0.25, -0.2) is 8.78 Å². The molecule has 8 heteroatoms. The third-order valence-electron chi connectivity index (χ3n) is 5.19. The second kappa shape index (κ2) is 9.74. The number of rotatable bonds is 7. The molecule has 2 aromatic carbocycles. The van der Waals surface area contributed by atoms with Crippen molar-refractivity contribution >= 4 is 11.7 Å². The molecule has 6 nitrogen and oxygen atoms in total. The zero-order chi connectivity index (χ0) is 22.5. The number of ether oxygens (including phenoxy) is 1. The van der Waals surface area contributed by atoms with Crippen LogP contribution in [0.15, 0.2) is 65.1 Å². The molecule has 0 radical (unpaired) electrons. The fourth-order valence-corrected chi connectivity index (χ4v) is 3.55.